The number of rotatable bonds is 4. The standard InChI is InChI=1S/C17H16N2OS/c1-20-14-8-9-15(18)17(10-14)21-11-13-7-6-12-4-2-3-5-16(12)19-13/h2-10H,11,18H2,1H3. The maximum absolute atomic E-state index is 6.00. The molecule has 0 aliphatic rings. The first kappa shape index (κ1) is 13.8. The van der Waals surface area contributed by atoms with Crippen LogP contribution in [-0.4, -0.2) is 12.1 Å². The minimum absolute atomic E-state index is 0.765. The number of hydrogen-bond acceptors (Lipinski definition) is 4. The third kappa shape index (κ3) is 3.11. The molecule has 106 valence electrons. The van der Waals surface area contributed by atoms with E-state index in [1.807, 2.05) is 36.4 Å². The summed E-state index contributed by atoms with van der Waals surface area (Å²) in [7, 11) is 1.66. The molecular weight excluding hydrogens is 280 g/mol. The Hall–Kier alpha value is -2.20. The number of hydrogen-bond donors (Lipinski definition) is 1. The van der Waals surface area contributed by atoms with Crippen LogP contribution in [0.4, 0.5) is 5.69 Å². The van der Waals surface area contributed by atoms with Gasteiger partial charge in [-0.2, -0.15) is 0 Å². The molecule has 1 heterocycles. The van der Waals surface area contributed by atoms with Gasteiger partial charge in [0.15, 0.2) is 0 Å². The maximum Gasteiger partial charge on any atom is 0.120 e. The van der Waals surface area contributed by atoms with Gasteiger partial charge < -0.3 is 10.5 Å². The number of benzene rings is 2. The molecular formula is C17H16N2OS. The summed E-state index contributed by atoms with van der Waals surface area (Å²) in [5.74, 6) is 1.60. The van der Waals surface area contributed by atoms with Crippen LogP contribution < -0.4 is 10.5 Å². The van der Waals surface area contributed by atoms with Gasteiger partial charge in [0.25, 0.3) is 0 Å². The van der Waals surface area contributed by atoms with E-state index < -0.39 is 0 Å². The predicted molar refractivity (Wildman–Crippen MR) is 88.7 cm³/mol. The fraction of sp³-hybridized carbons (Fsp3) is 0.118. The zero-order valence-electron chi connectivity index (χ0n) is 11.7. The molecule has 0 bridgehead atoms. The van der Waals surface area contributed by atoms with Crippen molar-refractivity contribution in [2.75, 3.05) is 12.8 Å². The molecule has 0 saturated carbocycles. The van der Waals surface area contributed by atoms with Crippen LogP contribution in [0.1, 0.15) is 5.69 Å². The second-order valence-electron chi connectivity index (χ2n) is 4.69. The van der Waals surface area contributed by atoms with Crippen molar-refractivity contribution in [1.82, 2.24) is 4.98 Å². The topological polar surface area (TPSA) is 48.1 Å². The molecule has 4 heteroatoms. The first-order valence-electron chi connectivity index (χ1n) is 6.67. The first-order chi connectivity index (χ1) is 10.3. The largest absolute Gasteiger partial charge is 0.497 e. The lowest BCUT2D eigenvalue weighted by molar-refractivity contribution is 0.414. The molecule has 3 nitrogen and oxygen atoms in total. The predicted octanol–water partition coefficient (Wildman–Crippen LogP) is 4.12. The molecule has 2 N–H and O–H groups in total. The average molecular weight is 296 g/mol. The van der Waals surface area contributed by atoms with Gasteiger partial charge in [0.1, 0.15) is 5.75 Å². The lowest BCUT2D eigenvalue weighted by Gasteiger charge is -2.08. The summed E-state index contributed by atoms with van der Waals surface area (Å²) >= 11 is 1.67. The van der Waals surface area contributed by atoms with E-state index in [9.17, 15) is 0 Å². The molecule has 0 unspecified atom stereocenters. The molecule has 0 saturated heterocycles. The Morgan fingerprint density at radius 3 is 2.81 bits per heavy atom. The van der Waals surface area contributed by atoms with Crippen molar-refractivity contribution in [1.29, 1.82) is 0 Å². The Bertz CT molecular complexity index is 774. The van der Waals surface area contributed by atoms with Gasteiger partial charge in [-0.15, -0.1) is 11.8 Å². The molecule has 21 heavy (non-hydrogen) atoms. The molecule has 3 aromatic rings. The number of para-hydroxylation sites is 1. The van der Waals surface area contributed by atoms with E-state index in [0.717, 1.165) is 38.7 Å². The summed E-state index contributed by atoms with van der Waals surface area (Å²) in [5.41, 5.74) is 8.83. The summed E-state index contributed by atoms with van der Waals surface area (Å²) in [5, 5.41) is 1.16. The third-order valence-corrected chi connectivity index (χ3v) is 4.36. The molecule has 0 amide bonds. The molecule has 2 aromatic carbocycles. The van der Waals surface area contributed by atoms with E-state index in [1.54, 1.807) is 18.9 Å². The molecule has 0 aliphatic heterocycles. The van der Waals surface area contributed by atoms with Crippen molar-refractivity contribution >= 4 is 28.4 Å². The smallest absolute Gasteiger partial charge is 0.120 e. The van der Waals surface area contributed by atoms with Crippen molar-refractivity contribution in [3.05, 3.63) is 60.3 Å². The summed E-state index contributed by atoms with van der Waals surface area (Å²) in [6.07, 6.45) is 0. The van der Waals surface area contributed by atoms with E-state index in [1.165, 1.54) is 0 Å². The van der Waals surface area contributed by atoms with Crippen LogP contribution in [0.3, 0.4) is 0 Å². The number of pyridine rings is 1. The number of aromatic nitrogens is 1. The normalized spacial score (nSPS) is 10.7. The first-order valence-corrected chi connectivity index (χ1v) is 7.66. The number of ether oxygens (including phenoxy) is 1. The summed E-state index contributed by atoms with van der Waals surface area (Å²) in [4.78, 5) is 5.69. The number of thioether (sulfide) groups is 1. The van der Waals surface area contributed by atoms with Crippen molar-refractivity contribution in [2.45, 2.75) is 10.6 Å². The van der Waals surface area contributed by atoms with E-state index >= 15 is 0 Å². The Morgan fingerprint density at radius 1 is 1.10 bits per heavy atom. The van der Waals surface area contributed by atoms with Crippen LogP contribution in [0, 0.1) is 0 Å². The number of nitrogen functional groups attached to an aromatic ring is 1. The van der Waals surface area contributed by atoms with Crippen molar-refractivity contribution in [3.8, 4) is 5.75 Å². The van der Waals surface area contributed by atoms with Gasteiger partial charge in [0.05, 0.1) is 18.3 Å². The SMILES string of the molecule is COc1ccc(N)c(SCc2ccc3ccccc3n2)c1. The van der Waals surface area contributed by atoms with Gasteiger partial charge >= 0.3 is 0 Å². The Balaban J connectivity index is 1.80. The van der Waals surface area contributed by atoms with Gasteiger partial charge in [-0.3, -0.25) is 4.98 Å². The fourth-order valence-electron chi connectivity index (χ4n) is 2.11. The zero-order chi connectivity index (χ0) is 14.7. The van der Waals surface area contributed by atoms with Gasteiger partial charge in [-0.1, -0.05) is 24.3 Å². The molecule has 0 spiro atoms. The minimum Gasteiger partial charge on any atom is -0.497 e. The van der Waals surface area contributed by atoms with Crippen molar-refractivity contribution < 1.29 is 4.74 Å². The highest BCUT2D eigenvalue weighted by atomic mass is 32.2. The quantitative estimate of drug-likeness (QED) is 0.581. The van der Waals surface area contributed by atoms with Crippen molar-refractivity contribution in [3.63, 3.8) is 0 Å². The number of methoxy groups -OCH3 is 1. The van der Waals surface area contributed by atoms with Crippen LogP contribution in [0.25, 0.3) is 10.9 Å². The molecule has 0 atom stereocenters. The molecule has 3 rings (SSSR count). The minimum atomic E-state index is 0.765. The van der Waals surface area contributed by atoms with E-state index in [-0.39, 0.29) is 0 Å². The lowest BCUT2D eigenvalue weighted by atomic mass is 10.2. The third-order valence-electron chi connectivity index (χ3n) is 3.25. The Morgan fingerprint density at radius 2 is 1.95 bits per heavy atom. The van der Waals surface area contributed by atoms with Crippen LogP contribution in [-0.2, 0) is 5.75 Å². The highest BCUT2D eigenvalue weighted by Gasteiger charge is 2.04. The highest BCUT2D eigenvalue weighted by Crippen LogP contribution is 2.31. The zero-order valence-corrected chi connectivity index (χ0v) is 12.6. The van der Waals surface area contributed by atoms with Crippen LogP contribution >= 0.6 is 11.8 Å². The second-order valence-corrected chi connectivity index (χ2v) is 5.70. The highest BCUT2D eigenvalue weighted by molar-refractivity contribution is 7.98. The van der Waals surface area contributed by atoms with Crippen molar-refractivity contribution in [2.24, 2.45) is 0 Å². The second kappa shape index (κ2) is 6.06. The average Bonchev–Trinajstić information content (AvgIpc) is 2.54. The lowest BCUT2D eigenvalue weighted by Crippen LogP contribution is -1.92. The Kier molecular flexibility index (Phi) is 3.97. The van der Waals surface area contributed by atoms with Crippen LogP contribution in [0.5, 0.6) is 5.75 Å². The molecule has 0 fully saturated rings. The Labute approximate surface area is 128 Å². The molecule has 0 radical (unpaired) electrons. The monoisotopic (exact) mass is 296 g/mol. The summed E-state index contributed by atoms with van der Waals surface area (Å²) in [6, 6.07) is 18.0. The van der Waals surface area contributed by atoms with Gasteiger partial charge in [-0.25, -0.2) is 0 Å². The van der Waals surface area contributed by atoms with Crippen LogP contribution in [0.2, 0.25) is 0 Å². The molecule has 1 aromatic heterocycles. The molecule has 0 aliphatic carbocycles. The van der Waals surface area contributed by atoms with Gasteiger partial charge in [-0.05, 0) is 30.3 Å². The number of nitrogens with zero attached hydrogens (tertiary/aromatic N) is 1. The summed E-state index contributed by atoms with van der Waals surface area (Å²) in [6.45, 7) is 0. The maximum atomic E-state index is 6.00. The van der Waals surface area contributed by atoms with E-state index in [0.29, 0.717) is 0 Å². The van der Waals surface area contributed by atoms with E-state index in [2.05, 4.69) is 23.2 Å². The number of fused-ring (bicyclic) bond motifs is 1. The number of anilines is 1. The fourth-order valence-corrected chi connectivity index (χ4v) is 3.01. The van der Waals surface area contributed by atoms with E-state index in [4.69, 9.17) is 10.5 Å². The summed E-state index contributed by atoms with van der Waals surface area (Å²) < 4.78 is 5.24. The number of nitrogens with two attached hydrogens (primary N) is 1. The van der Waals surface area contributed by atoms with Crippen LogP contribution in [0.15, 0.2) is 59.5 Å². The van der Waals surface area contributed by atoms with Gasteiger partial charge in [0.2, 0.25) is 0 Å². The van der Waals surface area contributed by atoms with Gasteiger partial charge in [0, 0.05) is 21.7 Å².